The highest BCUT2D eigenvalue weighted by Gasteiger charge is 2.38. The Kier molecular flexibility index (Phi) is 7.60. The molecule has 0 spiro atoms. The summed E-state index contributed by atoms with van der Waals surface area (Å²) < 4.78 is 20.9. The Morgan fingerprint density at radius 2 is 0.794 bits per heavy atom. The van der Waals surface area contributed by atoms with Crippen LogP contribution in [0.25, 0.3) is 0 Å². The fourth-order valence-corrected chi connectivity index (χ4v) is 16.2. The van der Waals surface area contributed by atoms with Crippen molar-refractivity contribution in [3.63, 3.8) is 0 Å². The first kappa shape index (κ1) is 24.9. The van der Waals surface area contributed by atoms with Gasteiger partial charge in [-0.1, -0.05) is 121 Å². The van der Waals surface area contributed by atoms with Crippen LogP contribution in [0.4, 0.5) is 0 Å². The van der Waals surface area contributed by atoms with E-state index >= 15 is 0 Å². The number of rotatable bonds is 6. The second kappa shape index (κ2) is 10.4. The van der Waals surface area contributed by atoms with Gasteiger partial charge in [0, 0.05) is 12.8 Å². The van der Waals surface area contributed by atoms with Gasteiger partial charge < -0.3 is 8.83 Å². The van der Waals surface area contributed by atoms with Gasteiger partial charge in [-0.25, -0.2) is 0 Å². The molecular formula is C24H24O2S8. The summed E-state index contributed by atoms with van der Waals surface area (Å²) in [5.41, 5.74) is 0. The summed E-state index contributed by atoms with van der Waals surface area (Å²) in [6.07, 6.45) is 6.85. The number of furan rings is 2. The fourth-order valence-electron chi connectivity index (χ4n) is 3.91. The van der Waals surface area contributed by atoms with Crippen LogP contribution in [0.3, 0.4) is 0 Å². The zero-order chi connectivity index (χ0) is 23.4. The van der Waals surface area contributed by atoms with Crippen LogP contribution in [-0.2, 0) is 12.8 Å². The van der Waals surface area contributed by atoms with E-state index in [0.29, 0.717) is 0 Å². The molecule has 0 amide bonds. The molecule has 2 nitrogen and oxygen atoms in total. The highest BCUT2D eigenvalue weighted by atomic mass is 32.3. The quantitative estimate of drug-likeness (QED) is 0.318. The molecule has 0 unspecified atom stereocenters. The molecular weight excluding hydrogens is 577 g/mol. The molecule has 0 radical (unpaired) electrons. The second-order valence-electron chi connectivity index (χ2n) is 8.23. The van der Waals surface area contributed by atoms with Crippen molar-refractivity contribution >= 4 is 94.1 Å². The van der Waals surface area contributed by atoms with Gasteiger partial charge in [0.2, 0.25) is 0 Å². The summed E-state index contributed by atoms with van der Waals surface area (Å²) in [6.45, 7) is 8.73. The predicted octanol–water partition coefficient (Wildman–Crippen LogP) is 11.6. The summed E-state index contributed by atoms with van der Waals surface area (Å²) in [6, 6.07) is 0. The van der Waals surface area contributed by atoms with Crippen LogP contribution in [0.1, 0.15) is 62.6 Å². The summed E-state index contributed by atoms with van der Waals surface area (Å²) >= 11 is 15.5. The Hall–Kier alpha value is 0.580. The average Bonchev–Trinajstić information content (AvgIpc) is 3.58. The Morgan fingerprint density at radius 1 is 0.471 bits per heavy atom. The van der Waals surface area contributed by atoms with Crippen molar-refractivity contribution in [1.82, 2.24) is 0 Å². The number of thioether (sulfide) groups is 8. The summed E-state index contributed by atoms with van der Waals surface area (Å²) in [5, 5.41) is 0. The third-order valence-electron chi connectivity index (χ3n) is 5.65. The van der Waals surface area contributed by atoms with Crippen molar-refractivity contribution in [3.05, 3.63) is 48.5 Å². The molecule has 6 heterocycles. The van der Waals surface area contributed by atoms with E-state index in [1.807, 2.05) is 94.1 Å². The molecule has 34 heavy (non-hydrogen) atoms. The largest absolute Gasteiger partial charge is 0.464 e. The SMILES string of the molecule is CCCCc1oc(C)c2c1SC1=C(S/C(=C3/SC4=C(S3)Sc3c(CCCC)oc(C)c3S4)S1)S2. The summed E-state index contributed by atoms with van der Waals surface area (Å²) in [4.78, 5) is 5.41. The molecule has 2 aromatic heterocycles. The first-order valence-electron chi connectivity index (χ1n) is 11.5. The molecule has 0 saturated heterocycles. The molecule has 180 valence electrons. The van der Waals surface area contributed by atoms with E-state index in [0.717, 1.165) is 24.4 Å². The Morgan fingerprint density at radius 3 is 1.15 bits per heavy atom. The molecule has 0 aliphatic carbocycles. The first-order valence-corrected chi connectivity index (χ1v) is 18.0. The zero-order valence-electron chi connectivity index (χ0n) is 19.3. The lowest BCUT2D eigenvalue weighted by Crippen LogP contribution is -1.88. The Labute approximate surface area is 235 Å². The third-order valence-corrected chi connectivity index (χ3v) is 17.8. The molecule has 4 aliphatic heterocycles. The molecule has 0 aromatic carbocycles. The van der Waals surface area contributed by atoms with Gasteiger partial charge in [0.1, 0.15) is 23.0 Å². The first-order chi connectivity index (χ1) is 16.6. The predicted molar refractivity (Wildman–Crippen MR) is 159 cm³/mol. The van der Waals surface area contributed by atoms with Gasteiger partial charge in [-0.05, 0) is 26.7 Å². The van der Waals surface area contributed by atoms with Gasteiger partial charge >= 0.3 is 0 Å². The maximum Gasteiger partial charge on any atom is 0.119 e. The van der Waals surface area contributed by atoms with Crippen LogP contribution in [0.15, 0.2) is 53.8 Å². The Balaban J connectivity index is 1.18. The van der Waals surface area contributed by atoms with Crippen LogP contribution in [0, 0.1) is 13.8 Å². The van der Waals surface area contributed by atoms with Gasteiger partial charge in [0.15, 0.2) is 0 Å². The van der Waals surface area contributed by atoms with Gasteiger partial charge in [0.05, 0.1) is 45.0 Å². The smallest absolute Gasteiger partial charge is 0.119 e. The normalized spacial score (nSPS) is 21.3. The van der Waals surface area contributed by atoms with Crippen molar-refractivity contribution in [2.75, 3.05) is 0 Å². The maximum absolute atomic E-state index is 6.17. The van der Waals surface area contributed by atoms with E-state index in [1.165, 1.54) is 82.2 Å². The van der Waals surface area contributed by atoms with Crippen LogP contribution < -0.4 is 0 Å². The molecule has 0 bridgehead atoms. The van der Waals surface area contributed by atoms with Crippen molar-refractivity contribution in [2.24, 2.45) is 0 Å². The van der Waals surface area contributed by atoms with E-state index in [4.69, 9.17) is 8.83 Å². The lowest BCUT2D eigenvalue weighted by molar-refractivity contribution is 0.466. The summed E-state index contributed by atoms with van der Waals surface area (Å²) in [7, 11) is 0. The van der Waals surface area contributed by atoms with E-state index in [1.54, 1.807) is 0 Å². The zero-order valence-corrected chi connectivity index (χ0v) is 25.9. The van der Waals surface area contributed by atoms with Crippen LogP contribution in [0.5, 0.6) is 0 Å². The van der Waals surface area contributed by atoms with Crippen LogP contribution >= 0.6 is 94.1 Å². The molecule has 0 fully saturated rings. The molecule has 0 saturated carbocycles. The number of aryl methyl sites for hydroxylation is 4. The molecule has 6 rings (SSSR count). The standard InChI is InChI=1S/C24H24O2S8/c1-5-7-9-13-17-15(11(3)25-13)27-19-21(29-17)33-23(31-19)24-32-20-22(34-24)30-18-14(10-8-6-2)26-12(4)16(18)28-20/h5-10H2,1-4H3/b24-23+. The number of hydrogen-bond donors (Lipinski definition) is 0. The average molecular weight is 601 g/mol. The Bertz CT molecular complexity index is 1170. The number of fused-ring (bicyclic) bond motifs is 2. The third kappa shape index (κ3) is 4.54. The van der Waals surface area contributed by atoms with Crippen molar-refractivity contribution in [1.29, 1.82) is 0 Å². The minimum absolute atomic E-state index is 1.04. The lowest BCUT2D eigenvalue weighted by Gasteiger charge is -2.12. The number of hydrogen-bond acceptors (Lipinski definition) is 10. The van der Waals surface area contributed by atoms with Crippen molar-refractivity contribution in [2.45, 2.75) is 85.8 Å². The second-order valence-corrected chi connectivity index (χ2v) is 17.9. The summed E-state index contributed by atoms with van der Waals surface area (Å²) in [5.74, 6) is 4.53. The highest BCUT2D eigenvalue weighted by Crippen LogP contribution is 2.72. The maximum atomic E-state index is 6.17. The van der Waals surface area contributed by atoms with Gasteiger partial charge in [-0.2, -0.15) is 0 Å². The van der Waals surface area contributed by atoms with Gasteiger partial charge in [0.25, 0.3) is 0 Å². The molecule has 4 aliphatic rings. The topological polar surface area (TPSA) is 26.3 Å². The van der Waals surface area contributed by atoms with Crippen molar-refractivity contribution in [3.8, 4) is 0 Å². The van der Waals surface area contributed by atoms with Crippen LogP contribution in [0.2, 0.25) is 0 Å². The van der Waals surface area contributed by atoms with Gasteiger partial charge in [-0.15, -0.1) is 0 Å². The van der Waals surface area contributed by atoms with E-state index in [9.17, 15) is 0 Å². The van der Waals surface area contributed by atoms with E-state index in [2.05, 4.69) is 27.7 Å². The van der Waals surface area contributed by atoms with E-state index in [-0.39, 0.29) is 0 Å². The lowest BCUT2D eigenvalue weighted by atomic mass is 10.2. The van der Waals surface area contributed by atoms with E-state index < -0.39 is 0 Å². The molecule has 0 N–H and O–H groups in total. The van der Waals surface area contributed by atoms with Crippen molar-refractivity contribution < 1.29 is 8.83 Å². The molecule has 10 heteroatoms. The fraction of sp³-hybridized carbons (Fsp3) is 0.417. The highest BCUT2D eigenvalue weighted by molar-refractivity contribution is 8.45. The number of unbranched alkanes of at least 4 members (excludes halogenated alkanes) is 2. The minimum Gasteiger partial charge on any atom is -0.464 e. The molecule has 2 aromatic rings. The van der Waals surface area contributed by atoms with Crippen LogP contribution in [-0.4, -0.2) is 0 Å². The van der Waals surface area contributed by atoms with Gasteiger partial charge in [-0.3, -0.25) is 0 Å². The minimum atomic E-state index is 1.04. The monoisotopic (exact) mass is 600 g/mol. The molecule has 0 atom stereocenters.